The lowest BCUT2D eigenvalue weighted by Gasteiger charge is -2.44. The fourth-order valence-corrected chi connectivity index (χ4v) is 8.71. The number of aromatic hydroxyl groups is 9. The number of fused-ring (bicyclic) bond motifs is 4. The maximum atomic E-state index is 12.9. The van der Waals surface area contributed by atoms with E-state index in [1.807, 2.05) is 0 Å². The van der Waals surface area contributed by atoms with E-state index in [1.165, 1.54) is 91.0 Å². The lowest BCUT2D eigenvalue weighted by atomic mass is 9.73. The molecule has 6 aromatic carbocycles. The van der Waals surface area contributed by atoms with Gasteiger partial charge in [-0.15, -0.1) is 0 Å². The summed E-state index contributed by atoms with van der Waals surface area (Å²) >= 11 is 0. The van der Waals surface area contributed by atoms with Gasteiger partial charge >= 0.3 is 0 Å². The highest BCUT2D eigenvalue weighted by Gasteiger charge is 2.50. The van der Waals surface area contributed by atoms with Crippen molar-refractivity contribution in [3.05, 3.63) is 142 Å². The number of aliphatic hydroxyl groups excluding tert-OH is 3. The van der Waals surface area contributed by atoms with Crippen LogP contribution in [0.2, 0.25) is 0 Å². The van der Waals surface area contributed by atoms with E-state index < -0.39 is 83.0 Å². The van der Waals surface area contributed by atoms with Crippen molar-refractivity contribution in [1.29, 1.82) is 0 Å². The first-order chi connectivity index (χ1) is 28.7. The van der Waals surface area contributed by atoms with E-state index in [1.54, 1.807) is 0 Å². The molecular formula is C45H38O15. The van der Waals surface area contributed by atoms with Crippen LogP contribution in [0.15, 0.2) is 97.1 Å². The van der Waals surface area contributed by atoms with Gasteiger partial charge in [0.25, 0.3) is 0 Å². The summed E-state index contributed by atoms with van der Waals surface area (Å²) in [5.41, 5.74) is 1.08. The highest BCUT2D eigenvalue weighted by Crippen LogP contribution is 2.62. The van der Waals surface area contributed by atoms with Gasteiger partial charge in [0.05, 0.1) is 6.10 Å². The normalized spacial score (nSPS) is 24.2. The van der Waals surface area contributed by atoms with E-state index in [4.69, 9.17) is 14.2 Å². The molecule has 308 valence electrons. The minimum atomic E-state index is -1.66. The summed E-state index contributed by atoms with van der Waals surface area (Å²) < 4.78 is 19.5. The molecule has 8 atom stereocenters. The minimum Gasteiger partial charge on any atom is -0.508 e. The molecule has 0 unspecified atom stereocenters. The molecule has 15 nitrogen and oxygen atoms in total. The number of aliphatic hydroxyl groups is 3. The summed E-state index contributed by atoms with van der Waals surface area (Å²) in [6.45, 7) is 0. The Morgan fingerprint density at radius 1 is 0.417 bits per heavy atom. The van der Waals surface area contributed by atoms with Crippen molar-refractivity contribution in [1.82, 2.24) is 0 Å². The lowest BCUT2D eigenvalue weighted by Crippen LogP contribution is -2.39. The van der Waals surface area contributed by atoms with E-state index in [9.17, 15) is 61.3 Å². The highest BCUT2D eigenvalue weighted by molar-refractivity contribution is 5.71. The molecule has 0 amide bonds. The fraction of sp³-hybridized carbons (Fsp3) is 0.200. The molecule has 3 heterocycles. The molecule has 0 spiro atoms. The van der Waals surface area contributed by atoms with Crippen molar-refractivity contribution >= 4 is 0 Å². The van der Waals surface area contributed by atoms with Gasteiger partial charge in [-0.25, -0.2) is 0 Å². The SMILES string of the molecule is Oc1ccc([C@H]2Oc3cc(O)ccc3[C@@H](c3c(O)c4c(c5c3O[C@H](c3ccc(O)c(O)c3)[C@@H](O)C5)O[C@H](c3ccc(O)c(O)c3)[C@@H](O)[C@H]4c3ccc(O)cc3O)[C@@H]2O)cc1. The second-order valence-corrected chi connectivity index (χ2v) is 15.2. The lowest BCUT2D eigenvalue weighted by molar-refractivity contribution is -0.00674. The monoisotopic (exact) mass is 818 g/mol. The predicted octanol–water partition coefficient (Wildman–Crippen LogP) is 5.33. The third-order valence-corrected chi connectivity index (χ3v) is 11.5. The second-order valence-electron chi connectivity index (χ2n) is 15.2. The fourth-order valence-electron chi connectivity index (χ4n) is 8.71. The summed E-state index contributed by atoms with van der Waals surface area (Å²) in [7, 11) is 0. The average Bonchev–Trinajstić information content (AvgIpc) is 3.21. The van der Waals surface area contributed by atoms with Gasteiger partial charge in [0.2, 0.25) is 0 Å². The smallest absolute Gasteiger partial charge is 0.157 e. The Hall–Kier alpha value is -7.20. The number of phenolic OH excluding ortho intramolecular Hbond substituents is 9. The Balaban J connectivity index is 1.34. The average molecular weight is 819 g/mol. The van der Waals surface area contributed by atoms with Gasteiger partial charge in [0, 0.05) is 58.2 Å². The van der Waals surface area contributed by atoms with Gasteiger partial charge < -0.3 is 75.5 Å². The van der Waals surface area contributed by atoms with Crippen molar-refractivity contribution in [2.75, 3.05) is 0 Å². The Labute approximate surface area is 340 Å². The van der Waals surface area contributed by atoms with Crippen molar-refractivity contribution in [3.8, 4) is 69.0 Å². The summed E-state index contributed by atoms with van der Waals surface area (Å²) in [5, 5.41) is 133. The zero-order valence-corrected chi connectivity index (χ0v) is 31.2. The molecule has 0 saturated heterocycles. The maximum absolute atomic E-state index is 12.9. The van der Waals surface area contributed by atoms with Crippen LogP contribution in [0.25, 0.3) is 0 Å². The highest BCUT2D eigenvalue weighted by atomic mass is 16.5. The van der Waals surface area contributed by atoms with Crippen LogP contribution in [0.3, 0.4) is 0 Å². The number of ether oxygens (including phenoxy) is 3. The number of phenols is 9. The first-order valence-corrected chi connectivity index (χ1v) is 18.8. The van der Waals surface area contributed by atoms with E-state index in [2.05, 4.69) is 0 Å². The van der Waals surface area contributed by atoms with Crippen LogP contribution < -0.4 is 14.2 Å². The van der Waals surface area contributed by atoms with Gasteiger partial charge in [-0.2, -0.15) is 0 Å². The second kappa shape index (κ2) is 14.3. The van der Waals surface area contributed by atoms with Crippen LogP contribution in [-0.4, -0.2) is 79.6 Å². The third kappa shape index (κ3) is 6.18. The Morgan fingerprint density at radius 3 is 1.48 bits per heavy atom. The zero-order chi connectivity index (χ0) is 42.3. The summed E-state index contributed by atoms with van der Waals surface area (Å²) in [5.74, 6) is -6.21. The first-order valence-electron chi connectivity index (χ1n) is 18.8. The molecule has 3 aliphatic rings. The summed E-state index contributed by atoms with van der Waals surface area (Å²) in [4.78, 5) is 0. The largest absolute Gasteiger partial charge is 0.508 e. The molecule has 0 aliphatic carbocycles. The van der Waals surface area contributed by atoms with E-state index in [0.717, 1.165) is 6.07 Å². The van der Waals surface area contributed by atoms with Gasteiger partial charge in [-0.05, 0) is 65.2 Å². The van der Waals surface area contributed by atoms with E-state index in [0.29, 0.717) is 5.56 Å². The number of rotatable bonds is 5. The molecule has 0 saturated carbocycles. The van der Waals surface area contributed by atoms with Crippen LogP contribution in [0.4, 0.5) is 0 Å². The van der Waals surface area contributed by atoms with Crippen molar-refractivity contribution in [2.45, 2.75) is 54.9 Å². The molecule has 6 aromatic rings. The van der Waals surface area contributed by atoms with Crippen LogP contribution in [0.5, 0.6) is 69.0 Å². The topological polar surface area (TPSA) is 270 Å². The van der Waals surface area contributed by atoms with Gasteiger partial charge in [0.15, 0.2) is 35.2 Å². The summed E-state index contributed by atoms with van der Waals surface area (Å²) in [6, 6.07) is 21.3. The third-order valence-electron chi connectivity index (χ3n) is 11.5. The first kappa shape index (κ1) is 38.3. The van der Waals surface area contributed by atoms with Gasteiger partial charge in [-0.3, -0.25) is 0 Å². The van der Waals surface area contributed by atoms with Crippen LogP contribution in [0.1, 0.15) is 74.7 Å². The summed E-state index contributed by atoms with van der Waals surface area (Å²) in [6.07, 6.45) is -8.65. The molecule has 9 rings (SSSR count). The molecule has 0 radical (unpaired) electrons. The van der Waals surface area contributed by atoms with Crippen molar-refractivity contribution in [2.24, 2.45) is 0 Å². The van der Waals surface area contributed by atoms with Crippen LogP contribution in [0, 0.1) is 0 Å². The van der Waals surface area contributed by atoms with Gasteiger partial charge in [0.1, 0.15) is 64.3 Å². The van der Waals surface area contributed by atoms with E-state index >= 15 is 0 Å². The van der Waals surface area contributed by atoms with Crippen molar-refractivity contribution < 1.29 is 75.5 Å². The van der Waals surface area contributed by atoms with Crippen LogP contribution >= 0.6 is 0 Å². The predicted molar refractivity (Wildman–Crippen MR) is 209 cm³/mol. The zero-order valence-electron chi connectivity index (χ0n) is 31.2. The van der Waals surface area contributed by atoms with Crippen molar-refractivity contribution in [3.63, 3.8) is 0 Å². The minimum absolute atomic E-state index is 0.0218. The van der Waals surface area contributed by atoms with Crippen LogP contribution in [-0.2, 0) is 6.42 Å². The Bertz CT molecular complexity index is 2660. The number of hydrogen-bond acceptors (Lipinski definition) is 15. The van der Waals surface area contributed by atoms with Gasteiger partial charge in [-0.1, -0.05) is 36.4 Å². The molecule has 15 heteroatoms. The quantitative estimate of drug-likeness (QED) is 0.0981. The Kier molecular flexibility index (Phi) is 9.11. The molecule has 3 aliphatic heterocycles. The molecule has 0 bridgehead atoms. The molecule has 60 heavy (non-hydrogen) atoms. The molecule has 0 aromatic heterocycles. The number of hydrogen-bond donors (Lipinski definition) is 12. The Morgan fingerprint density at radius 2 is 0.900 bits per heavy atom. The standard InChI is InChI=1S/C45H38O15/c46-21-5-1-18(2-6-21)42-40(57)35(25-10-8-23(48)16-33(25)58-42)37-38(55)36-34(24-9-7-22(47)15-29(24)51)39(56)43(20-4-12-28(50)31(53)14-20)60-45(36)26-17-32(54)41(59-44(26)37)19-3-11-27(49)30(52)13-19/h1-16,32,34-35,39-43,46-57H,17H2/t32-,34-,35-,39-,40-,41+,42+,43+/m0/s1. The van der Waals surface area contributed by atoms with E-state index in [-0.39, 0.29) is 79.9 Å². The molecule has 12 N–H and O–H groups in total. The molecule has 0 fully saturated rings. The maximum Gasteiger partial charge on any atom is 0.157 e. The number of benzene rings is 6. The molecular weight excluding hydrogens is 780 g/mol.